The van der Waals surface area contributed by atoms with Crippen molar-refractivity contribution in [3.05, 3.63) is 17.7 Å². The number of aryl methyl sites for hydroxylation is 1. The van der Waals surface area contributed by atoms with Crippen LogP contribution in [0.5, 0.6) is 0 Å². The zero-order valence-electron chi connectivity index (χ0n) is 10.7. The first-order valence-electron chi connectivity index (χ1n) is 6.73. The molecule has 0 aromatic carbocycles. The Kier molecular flexibility index (Phi) is 4.57. The summed E-state index contributed by atoms with van der Waals surface area (Å²) in [6.07, 6.45) is 7.40. The van der Waals surface area contributed by atoms with Crippen molar-refractivity contribution in [2.75, 3.05) is 13.1 Å². The number of nitrogens with one attached hydrogen (secondary N) is 1. The summed E-state index contributed by atoms with van der Waals surface area (Å²) in [4.78, 5) is 4.44. The molecule has 4 nitrogen and oxygen atoms in total. The van der Waals surface area contributed by atoms with Crippen LogP contribution in [0.25, 0.3) is 0 Å². The van der Waals surface area contributed by atoms with Crippen molar-refractivity contribution in [2.45, 2.75) is 51.7 Å². The molecule has 4 heteroatoms. The number of fused-ring (bicyclic) bond motifs is 1. The molecule has 0 saturated heterocycles. The minimum atomic E-state index is -0.318. The van der Waals surface area contributed by atoms with Crippen LogP contribution in [0.15, 0.2) is 6.33 Å². The predicted octanol–water partition coefficient (Wildman–Crippen LogP) is 1.12. The molecule has 0 radical (unpaired) electrons. The molecule has 0 bridgehead atoms. The van der Waals surface area contributed by atoms with Crippen molar-refractivity contribution in [3.63, 3.8) is 0 Å². The van der Waals surface area contributed by atoms with E-state index in [0.717, 1.165) is 25.8 Å². The quantitative estimate of drug-likeness (QED) is 0.729. The van der Waals surface area contributed by atoms with Crippen molar-refractivity contribution < 1.29 is 5.11 Å². The van der Waals surface area contributed by atoms with Gasteiger partial charge in [-0.1, -0.05) is 6.92 Å². The Morgan fingerprint density at radius 1 is 1.47 bits per heavy atom. The van der Waals surface area contributed by atoms with Gasteiger partial charge in [0.25, 0.3) is 0 Å². The lowest BCUT2D eigenvalue weighted by molar-refractivity contribution is 0.150. The second-order valence-corrected chi connectivity index (χ2v) is 4.86. The fourth-order valence-electron chi connectivity index (χ4n) is 2.43. The Balaban J connectivity index is 1.87. The third kappa shape index (κ3) is 3.30. The van der Waals surface area contributed by atoms with E-state index in [1.165, 1.54) is 24.2 Å². The number of hydrogen-bond acceptors (Lipinski definition) is 3. The van der Waals surface area contributed by atoms with Gasteiger partial charge in [0.05, 0.1) is 24.7 Å². The summed E-state index contributed by atoms with van der Waals surface area (Å²) in [5.41, 5.74) is 2.58. The van der Waals surface area contributed by atoms with Crippen molar-refractivity contribution in [3.8, 4) is 0 Å². The molecule has 1 aliphatic carbocycles. The van der Waals surface area contributed by atoms with Gasteiger partial charge in [-0.25, -0.2) is 4.98 Å². The van der Waals surface area contributed by atoms with E-state index in [1.54, 1.807) is 0 Å². The van der Waals surface area contributed by atoms with Gasteiger partial charge in [0.2, 0.25) is 0 Å². The van der Waals surface area contributed by atoms with Crippen molar-refractivity contribution in [1.82, 2.24) is 14.9 Å². The first-order chi connectivity index (χ1) is 8.31. The molecule has 1 heterocycles. The predicted molar refractivity (Wildman–Crippen MR) is 68.0 cm³/mol. The summed E-state index contributed by atoms with van der Waals surface area (Å²) < 4.78 is 2.13. The number of aromatic nitrogens is 2. The minimum absolute atomic E-state index is 0.318. The van der Waals surface area contributed by atoms with E-state index in [4.69, 9.17) is 0 Å². The van der Waals surface area contributed by atoms with Crippen LogP contribution in [-0.4, -0.2) is 33.9 Å². The van der Waals surface area contributed by atoms with Gasteiger partial charge >= 0.3 is 0 Å². The topological polar surface area (TPSA) is 50.1 Å². The lowest BCUT2D eigenvalue weighted by atomic mass is 10.0. The third-order valence-electron chi connectivity index (χ3n) is 3.32. The van der Waals surface area contributed by atoms with Gasteiger partial charge in [0, 0.05) is 12.2 Å². The monoisotopic (exact) mass is 237 g/mol. The van der Waals surface area contributed by atoms with Gasteiger partial charge < -0.3 is 15.0 Å². The molecule has 0 fully saturated rings. The summed E-state index contributed by atoms with van der Waals surface area (Å²) in [5.74, 6) is 0. The minimum Gasteiger partial charge on any atom is -0.390 e. The molecule has 1 aliphatic rings. The summed E-state index contributed by atoms with van der Waals surface area (Å²) in [6.45, 7) is 4.44. The SMILES string of the molecule is CCCNCC(O)Cn1cnc2c1CCCC2. The normalized spacial score (nSPS) is 16.8. The van der Waals surface area contributed by atoms with Crippen LogP contribution >= 0.6 is 0 Å². The van der Waals surface area contributed by atoms with Gasteiger partial charge in [-0.05, 0) is 38.6 Å². The molecule has 0 amide bonds. The molecule has 17 heavy (non-hydrogen) atoms. The van der Waals surface area contributed by atoms with Crippen LogP contribution in [0, 0.1) is 0 Å². The second kappa shape index (κ2) is 6.17. The highest BCUT2D eigenvalue weighted by atomic mass is 16.3. The van der Waals surface area contributed by atoms with Gasteiger partial charge in [0.15, 0.2) is 0 Å². The molecule has 1 aromatic rings. The summed E-state index contributed by atoms with van der Waals surface area (Å²) in [7, 11) is 0. The van der Waals surface area contributed by atoms with E-state index in [0.29, 0.717) is 13.1 Å². The van der Waals surface area contributed by atoms with Crippen LogP contribution in [0.4, 0.5) is 0 Å². The first kappa shape index (κ1) is 12.6. The Hall–Kier alpha value is -0.870. The maximum absolute atomic E-state index is 9.94. The van der Waals surface area contributed by atoms with E-state index in [9.17, 15) is 5.11 Å². The highest BCUT2D eigenvalue weighted by molar-refractivity contribution is 5.16. The molecule has 2 rings (SSSR count). The Morgan fingerprint density at radius 2 is 2.29 bits per heavy atom. The largest absolute Gasteiger partial charge is 0.390 e. The van der Waals surface area contributed by atoms with Crippen molar-refractivity contribution in [1.29, 1.82) is 0 Å². The maximum atomic E-state index is 9.94. The highest BCUT2D eigenvalue weighted by Crippen LogP contribution is 2.19. The fourth-order valence-corrected chi connectivity index (χ4v) is 2.43. The van der Waals surface area contributed by atoms with Crippen LogP contribution in [0.1, 0.15) is 37.6 Å². The molecule has 2 N–H and O–H groups in total. The van der Waals surface area contributed by atoms with Gasteiger partial charge in [-0.15, -0.1) is 0 Å². The summed E-state index contributed by atoms with van der Waals surface area (Å²) in [6, 6.07) is 0. The van der Waals surface area contributed by atoms with E-state index in [2.05, 4.69) is 21.8 Å². The van der Waals surface area contributed by atoms with E-state index in [1.807, 2.05) is 6.33 Å². The molecule has 0 aliphatic heterocycles. The van der Waals surface area contributed by atoms with Crippen molar-refractivity contribution in [2.24, 2.45) is 0 Å². The van der Waals surface area contributed by atoms with Crippen LogP contribution in [0.2, 0.25) is 0 Å². The Morgan fingerprint density at radius 3 is 3.12 bits per heavy atom. The Labute approximate surface area is 103 Å². The zero-order valence-corrected chi connectivity index (χ0v) is 10.7. The molecular formula is C13H23N3O. The second-order valence-electron chi connectivity index (χ2n) is 4.86. The molecule has 1 unspecified atom stereocenters. The fraction of sp³-hybridized carbons (Fsp3) is 0.769. The van der Waals surface area contributed by atoms with E-state index < -0.39 is 0 Å². The van der Waals surface area contributed by atoms with E-state index >= 15 is 0 Å². The number of rotatable bonds is 6. The lowest BCUT2D eigenvalue weighted by Gasteiger charge is -2.17. The number of imidazole rings is 1. The van der Waals surface area contributed by atoms with Gasteiger partial charge in [-0.3, -0.25) is 0 Å². The molecule has 0 spiro atoms. The molecule has 0 saturated carbocycles. The van der Waals surface area contributed by atoms with Gasteiger partial charge in [-0.2, -0.15) is 0 Å². The average Bonchev–Trinajstić information content (AvgIpc) is 2.73. The Bertz CT molecular complexity index is 348. The zero-order chi connectivity index (χ0) is 12.1. The average molecular weight is 237 g/mol. The summed E-state index contributed by atoms with van der Waals surface area (Å²) in [5, 5.41) is 13.2. The van der Waals surface area contributed by atoms with Crippen LogP contribution in [0.3, 0.4) is 0 Å². The molecular weight excluding hydrogens is 214 g/mol. The number of aliphatic hydroxyl groups excluding tert-OH is 1. The summed E-state index contributed by atoms with van der Waals surface area (Å²) >= 11 is 0. The van der Waals surface area contributed by atoms with Crippen LogP contribution < -0.4 is 5.32 Å². The third-order valence-corrected chi connectivity index (χ3v) is 3.32. The number of hydrogen-bond donors (Lipinski definition) is 2. The smallest absolute Gasteiger partial charge is 0.0952 e. The molecule has 1 aromatic heterocycles. The molecule has 1 atom stereocenters. The first-order valence-corrected chi connectivity index (χ1v) is 6.73. The standard InChI is InChI=1S/C13H23N3O/c1-2-7-14-8-11(17)9-16-10-15-12-5-3-4-6-13(12)16/h10-11,14,17H,2-9H2,1H3. The van der Waals surface area contributed by atoms with E-state index in [-0.39, 0.29) is 6.10 Å². The van der Waals surface area contributed by atoms with Gasteiger partial charge in [0.1, 0.15) is 0 Å². The number of nitrogens with zero attached hydrogens (tertiary/aromatic N) is 2. The number of aliphatic hydroxyl groups is 1. The molecule has 96 valence electrons. The highest BCUT2D eigenvalue weighted by Gasteiger charge is 2.16. The lowest BCUT2D eigenvalue weighted by Crippen LogP contribution is -2.31. The van der Waals surface area contributed by atoms with Crippen LogP contribution in [-0.2, 0) is 19.4 Å². The maximum Gasteiger partial charge on any atom is 0.0952 e. The van der Waals surface area contributed by atoms with Crippen molar-refractivity contribution >= 4 is 0 Å².